The number of carbonyl (C=O) groups is 4. The summed E-state index contributed by atoms with van der Waals surface area (Å²) in [5.74, 6) is -1.73. The molecule has 0 saturated carbocycles. The van der Waals surface area contributed by atoms with Crippen LogP contribution in [-0.2, 0) is 40.1 Å². The molecule has 38 heteroatoms. The Kier molecular flexibility index (Phi) is 31.0. The fourth-order valence-corrected chi connectivity index (χ4v) is 17.6. The minimum atomic E-state index is -4.68. The van der Waals surface area contributed by atoms with Crippen molar-refractivity contribution in [1.29, 1.82) is 0 Å². The van der Waals surface area contributed by atoms with Gasteiger partial charge in [0.25, 0.3) is 23.6 Å². The van der Waals surface area contributed by atoms with E-state index in [0.717, 1.165) is 37.8 Å². The molecule has 4 aromatic heterocycles. The number of alkyl halides is 3. The molecule has 14 rings (SSSR count). The zero-order valence-electron chi connectivity index (χ0n) is 64.2. The lowest BCUT2D eigenvalue weighted by molar-refractivity contribution is -0.121. The average molecular weight is 1830 g/mol. The van der Waals surface area contributed by atoms with Crippen LogP contribution in [0.25, 0.3) is 45.0 Å². The molecule has 2 saturated heterocycles. The van der Waals surface area contributed by atoms with Gasteiger partial charge in [-0.15, -0.1) is 0 Å². The highest BCUT2D eigenvalue weighted by Crippen LogP contribution is 2.35. The van der Waals surface area contributed by atoms with Gasteiger partial charge in [-0.05, 0) is 219 Å². The van der Waals surface area contributed by atoms with Crippen molar-refractivity contribution in [2.24, 2.45) is 5.14 Å². The molecule has 122 heavy (non-hydrogen) atoms. The maximum absolute atomic E-state index is 12.9. The van der Waals surface area contributed by atoms with Crippen LogP contribution in [0.3, 0.4) is 0 Å². The summed E-state index contributed by atoms with van der Waals surface area (Å²) in [6.45, 7) is 5.78. The number of likely N-dealkylation sites (N-methyl/N-ethyl adjacent to an activating group) is 1. The van der Waals surface area contributed by atoms with Gasteiger partial charge in [0.05, 0.1) is 73.0 Å². The first-order valence-electron chi connectivity index (χ1n) is 36.9. The zero-order chi connectivity index (χ0) is 87.5. The van der Waals surface area contributed by atoms with Crippen molar-refractivity contribution in [1.82, 2.24) is 43.5 Å². The number of nitrogens with zero attached hydrogens (tertiary/aromatic N) is 7. The Labute approximate surface area is 726 Å². The molecule has 2 fully saturated rings. The number of rotatable bonds is 21. The summed E-state index contributed by atoms with van der Waals surface area (Å²) >= 11 is 31.1. The molecule has 8 aromatic carbocycles. The van der Waals surface area contributed by atoms with Crippen molar-refractivity contribution in [3.8, 4) is 45.0 Å². The van der Waals surface area contributed by atoms with Gasteiger partial charge in [0.15, 0.2) is 0 Å². The smallest absolute Gasteiger partial charge is 0.322 e. The molecule has 0 radical (unpaired) electrons. The van der Waals surface area contributed by atoms with Crippen LogP contribution in [0.15, 0.2) is 281 Å². The normalized spacial score (nSPS) is 13.4. The molecule has 8 N–H and O–H groups in total. The SMILES string of the molecule is CCN1CCN(S(=O)(=O)c2ccc(C(=O)Nc3ccc(Cl)c(-c4ccccn4)c3)cc2)CC1.NS(=O)(=O)c1ccc(C(=O)Nc2ccc(Cl)c(-c3ccccn3)c2)c(Cl)c1.O=C(Nc1ccc(Cl)c(-c2ccccn2)c1)c1ccc(S(=O)(=O)N2CCNCC2)cc1.O=C(Nc1ccc(Cl)c(-c2ccccn2)c1)c1ccc(S(=O)(=O)NCC(F)(F)F)cc1. The molecule has 0 atom stereocenters. The quantitative estimate of drug-likeness (QED) is 0.0351. The molecule has 26 nitrogen and oxygen atoms in total. The first kappa shape index (κ1) is 91.8. The summed E-state index contributed by atoms with van der Waals surface area (Å²) in [6.07, 6.45) is 1.92. The standard InChI is InChI=1S/C24H25ClN4O3S.C22H21ClN4O3S.C20H15ClF3N3O3S.C18H13Cl2N3O3S/c1-2-28-13-15-29(16-14-28)33(31,32)20-9-6-18(7-10-20)24(30)27-19-8-11-22(25)21(17-19)23-5-3-4-12-26-23;23-20-9-6-17(15-19(20)21-3-1-2-10-25-21)26-22(28)16-4-7-18(8-5-16)31(29,30)27-13-11-24-12-14-27;21-17-9-6-14(11-16(17)18-3-1-2-10-25-18)27-19(28)13-4-7-15(8-5-13)31(29,30)26-12-20(22,23)24;19-15-7-4-11(9-14(15)17-3-1-2-8-22-17)23-18(24)13-6-5-12(10-16(13)20)27(21,25)26/h3-12,17H,2,13-16H2,1H3,(H,27,30);1-10,15,24H,11-14H2,(H,26,28);1-11,26H,12H2,(H,27,28);1-10H,(H,23,24)(H2,21,25,26). The summed E-state index contributed by atoms with van der Waals surface area (Å²) in [7, 11) is -15.4. The van der Waals surface area contributed by atoms with Crippen LogP contribution < -0.4 is 36.4 Å². The van der Waals surface area contributed by atoms with Crippen LogP contribution in [0.2, 0.25) is 25.1 Å². The molecular formula is C84H74Cl5F3N14O12S4. The van der Waals surface area contributed by atoms with E-state index < -0.39 is 69.5 Å². The molecule has 0 aliphatic carbocycles. The number of amides is 4. The van der Waals surface area contributed by atoms with E-state index in [-0.39, 0.29) is 42.7 Å². The number of piperazine rings is 2. The fourth-order valence-electron chi connectivity index (χ4n) is 12.0. The number of primary sulfonamides is 1. The molecule has 2 aliphatic rings. The molecule has 4 amide bonds. The summed E-state index contributed by atoms with van der Waals surface area (Å²) in [4.78, 5) is 69.5. The third kappa shape index (κ3) is 24.7. The van der Waals surface area contributed by atoms with Gasteiger partial charge < -0.3 is 31.5 Å². The lowest BCUT2D eigenvalue weighted by Gasteiger charge is -2.33. The maximum Gasteiger partial charge on any atom is 0.402 e. The average Bonchev–Trinajstić information content (AvgIpc) is 0.811. The number of nitrogens with two attached hydrogens (primary N) is 1. The predicted molar refractivity (Wildman–Crippen MR) is 466 cm³/mol. The van der Waals surface area contributed by atoms with Crippen LogP contribution in [0.1, 0.15) is 48.4 Å². The second-order valence-electron chi connectivity index (χ2n) is 26.6. The zero-order valence-corrected chi connectivity index (χ0v) is 71.2. The largest absolute Gasteiger partial charge is 0.402 e. The van der Waals surface area contributed by atoms with Crippen LogP contribution in [0.5, 0.6) is 0 Å². The second kappa shape index (κ2) is 41.3. The number of nitrogens with one attached hydrogen (secondary N) is 6. The lowest BCUT2D eigenvalue weighted by atomic mass is 10.1. The molecule has 2 aliphatic heterocycles. The third-order valence-electron chi connectivity index (χ3n) is 18.4. The molecule has 0 bridgehead atoms. The van der Waals surface area contributed by atoms with Crippen molar-refractivity contribution in [2.75, 3.05) is 86.7 Å². The van der Waals surface area contributed by atoms with Gasteiger partial charge in [-0.3, -0.25) is 39.1 Å². The van der Waals surface area contributed by atoms with E-state index in [1.807, 2.05) is 42.5 Å². The Bertz CT molecular complexity index is 6230. The molecule has 0 unspecified atom stereocenters. The number of hydrogen-bond acceptors (Lipinski definition) is 18. The van der Waals surface area contributed by atoms with Crippen molar-refractivity contribution < 1.29 is 66.0 Å². The Morgan fingerprint density at radius 1 is 0.393 bits per heavy atom. The molecule has 12 aromatic rings. The van der Waals surface area contributed by atoms with Gasteiger partial charge in [0, 0.05) is 139 Å². The maximum atomic E-state index is 12.9. The van der Waals surface area contributed by atoms with E-state index in [4.69, 9.17) is 63.1 Å². The summed E-state index contributed by atoms with van der Waals surface area (Å²) in [6, 6.07) is 62.0. The second-order valence-corrected chi connectivity index (χ2v) is 35.9. The topological polar surface area (TPSA) is 364 Å². The molecule has 0 spiro atoms. The number of pyridine rings is 4. The number of hydrogen-bond donors (Lipinski definition) is 7. The number of anilines is 4. The summed E-state index contributed by atoms with van der Waals surface area (Å²) < 4.78 is 139. The van der Waals surface area contributed by atoms with Crippen molar-refractivity contribution in [3.63, 3.8) is 0 Å². The van der Waals surface area contributed by atoms with Gasteiger partial charge in [0.1, 0.15) is 6.54 Å². The minimum Gasteiger partial charge on any atom is -0.322 e. The van der Waals surface area contributed by atoms with E-state index in [9.17, 15) is 66.0 Å². The monoisotopic (exact) mass is 1830 g/mol. The number of sulfonamides is 4. The number of aromatic nitrogens is 4. The highest BCUT2D eigenvalue weighted by atomic mass is 35.5. The van der Waals surface area contributed by atoms with E-state index in [0.29, 0.717) is 138 Å². The predicted octanol–water partition coefficient (Wildman–Crippen LogP) is 15.7. The van der Waals surface area contributed by atoms with Gasteiger partial charge in [-0.1, -0.05) is 89.2 Å². The third-order valence-corrected chi connectivity index (χ3v) is 26.2. The van der Waals surface area contributed by atoms with Crippen LogP contribution in [0, 0.1) is 0 Å². The van der Waals surface area contributed by atoms with Crippen molar-refractivity contribution >= 4 is 144 Å². The Morgan fingerprint density at radius 2 is 0.713 bits per heavy atom. The van der Waals surface area contributed by atoms with Gasteiger partial charge in [-0.25, -0.2) is 43.5 Å². The highest BCUT2D eigenvalue weighted by molar-refractivity contribution is 7.90. The number of benzene rings is 8. The van der Waals surface area contributed by atoms with Crippen LogP contribution in [-0.4, -0.2) is 162 Å². The van der Waals surface area contributed by atoms with E-state index in [2.05, 4.69) is 58.3 Å². The summed E-state index contributed by atoms with van der Waals surface area (Å²) in [5.41, 5.74) is 8.34. The number of carbonyl (C=O) groups excluding carboxylic acids is 4. The van der Waals surface area contributed by atoms with Crippen LogP contribution in [0.4, 0.5) is 35.9 Å². The first-order chi connectivity index (χ1) is 58.1. The molecular weight excluding hydrogens is 1760 g/mol. The summed E-state index contributed by atoms with van der Waals surface area (Å²) in [5, 5.41) is 21.2. The fraction of sp³-hybridized carbons (Fsp3) is 0.143. The van der Waals surface area contributed by atoms with E-state index in [1.165, 1.54) is 86.1 Å². The highest BCUT2D eigenvalue weighted by Gasteiger charge is 2.32. The Balaban J connectivity index is 0.000000159. The first-order valence-corrected chi connectivity index (χ1v) is 44.7. The molecule has 6 heterocycles. The Morgan fingerprint density at radius 3 is 1.02 bits per heavy atom. The Hall–Kier alpha value is -11.0. The van der Waals surface area contributed by atoms with Gasteiger partial charge in [0.2, 0.25) is 40.1 Å². The van der Waals surface area contributed by atoms with Gasteiger partial charge >= 0.3 is 6.18 Å². The van der Waals surface area contributed by atoms with E-state index in [1.54, 1.807) is 128 Å². The van der Waals surface area contributed by atoms with Crippen LogP contribution >= 0.6 is 58.0 Å². The van der Waals surface area contributed by atoms with Crippen molar-refractivity contribution in [3.05, 3.63) is 309 Å². The van der Waals surface area contributed by atoms with Crippen molar-refractivity contribution in [2.45, 2.75) is 32.7 Å². The molecule has 632 valence electrons. The minimum absolute atomic E-state index is 0.0297. The number of halogens is 8. The van der Waals surface area contributed by atoms with Gasteiger partial charge in [-0.2, -0.15) is 21.8 Å². The lowest BCUT2D eigenvalue weighted by Crippen LogP contribution is -2.48. The van der Waals surface area contributed by atoms with E-state index >= 15 is 0 Å².